The Kier molecular flexibility index (Phi) is 4.74. The van der Waals surface area contributed by atoms with Crippen LogP contribution >= 0.6 is 15.9 Å². The number of hydrogen-bond acceptors (Lipinski definition) is 3. The van der Waals surface area contributed by atoms with Gasteiger partial charge in [0.2, 0.25) is 0 Å². The van der Waals surface area contributed by atoms with Crippen molar-refractivity contribution < 1.29 is 4.74 Å². The number of benzene rings is 1. The minimum atomic E-state index is 0.495. The minimum absolute atomic E-state index is 0.495. The van der Waals surface area contributed by atoms with Crippen LogP contribution in [0.4, 0.5) is 5.69 Å². The van der Waals surface area contributed by atoms with Gasteiger partial charge in [0.15, 0.2) is 0 Å². The van der Waals surface area contributed by atoms with Gasteiger partial charge >= 0.3 is 0 Å². The molecular weight excluding hydrogens is 304 g/mol. The Morgan fingerprint density at radius 1 is 1.37 bits per heavy atom. The Bertz CT molecular complexity index is 438. The molecule has 0 aromatic heterocycles. The SMILES string of the molecule is COc1ccc(Br)cc1NC1CC(C)N(C)CC1C. The molecule has 0 amide bonds. The Labute approximate surface area is 124 Å². The van der Waals surface area contributed by atoms with E-state index in [-0.39, 0.29) is 0 Å². The summed E-state index contributed by atoms with van der Waals surface area (Å²) in [5.74, 6) is 1.53. The second-order valence-electron chi connectivity index (χ2n) is 5.60. The first kappa shape index (κ1) is 14.7. The highest BCUT2D eigenvalue weighted by Gasteiger charge is 2.29. The van der Waals surface area contributed by atoms with Crippen LogP contribution in [0.1, 0.15) is 20.3 Å². The number of methoxy groups -OCH3 is 1. The van der Waals surface area contributed by atoms with Crippen LogP contribution < -0.4 is 10.1 Å². The summed E-state index contributed by atoms with van der Waals surface area (Å²) in [6.07, 6.45) is 1.16. The lowest BCUT2D eigenvalue weighted by atomic mass is 9.89. The van der Waals surface area contributed by atoms with Gasteiger partial charge < -0.3 is 15.0 Å². The van der Waals surface area contributed by atoms with E-state index in [0.29, 0.717) is 18.0 Å². The van der Waals surface area contributed by atoms with Crippen molar-refractivity contribution in [3.63, 3.8) is 0 Å². The molecule has 19 heavy (non-hydrogen) atoms. The Balaban J connectivity index is 2.14. The third-order valence-corrected chi connectivity index (χ3v) is 4.61. The van der Waals surface area contributed by atoms with Gasteiger partial charge in [0, 0.05) is 23.1 Å². The van der Waals surface area contributed by atoms with E-state index in [0.717, 1.165) is 28.9 Å². The van der Waals surface area contributed by atoms with Crippen LogP contribution in [0.25, 0.3) is 0 Å². The summed E-state index contributed by atoms with van der Waals surface area (Å²) in [7, 11) is 3.92. The first-order chi connectivity index (χ1) is 9.01. The molecular formula is C15H23BrN2O. The fourth-order valence-electron chi connectivity index (χ4n) is 2.74. The molecule has 3 nitrogen and oxygen atoms in total. The largest absolute Gasteiger partial charge is 0.495 e. The molecule has 1 aliphatic heterocycles. The lowest BCUT2D eigenvalue weighted by Gasteiger charge is -2.40. The molecule has 0 bridgehead atoms. The maximum absolute atomic E-state index is 5.43. The normalized spacial score (nSPS) is 28.2. The van der Waals surface area contributed by atoms with Gasteiger partial charge in [0.25, 0.3) is 0 Å². The van der Waals surface area contributed by atoms with E-state index in [1.807, 2.05) is 12.1 Å². The van der Waals surface area contributed by atoms with Crippen LogP contribution in [0.3, 0.4) is 0 Å². The van der Waals surface area contributed by atoms with Crippen molar-refractivity contribution in [2.75, 3.05) is 26.0 Å². The number of nitrogens with one attached hydrogen (secondary N) is 1. The van der Waals surface area contributed by atoms with Crippen LogP contribution in [0, 0.1) is 5.92 Å². The zero-order valence-corrected chi connectivity index (χ0v) is 13.7. The van der Waals surface area contributed by atoms with Crippen LogP contribution in [0.5, 0.6) is 5.75 Å². The van der Waals surface area contributed by atoms with E-state index < -0.39 is 0 Å². The smallest absolute Gasteiger partial charge is 0.142 e. The molecule has 1 aromatic carbocycles. The van der Waals surface area contributed by atoms with Gasteiger partial charge in [0.05, 0.1) is 12.8 Å². The molecule has 106 valence electrons. The summed E-state index contributed by atoms with van der Waals surface area (Å²) >= 11 is 3.52. The summed E-state index contributed by atoms with van der Waals surface area (Å²) in [5, 5.41) is 3.66. The van der Waals surface area contributed by atoms with Crippen molar-refractivity contribution >= 4 is 21.6 Å². The third kappa shape index (κ3) is 3.42. The van der Waals surface area contributed by atoms with Crippen molar-refractivity contribution in [1.29, 1.82) is 0 Å². The number of hydrogen-bond donors (Lipinski definition) is 1. The maximum Gasteiger partial charge on any atom is 0.142 e. The number of anilines is 1. The van der Waals surface area contributed by atoms with E-state index in [1.165, 1.54) is 0 Å². The molecule has 2 rings (SSSR count). The van der Waals surface area contributed by atoms with E-state index >= 15 is 0 Å². The molecule has 1 aliphatic rings. The standard InChI is InChI=1S/C15H23BrN2O/c1-10-9-18(3)11(2)7-13(10)17-14-8-12(16)5-6-15(14)19-4/h5-6,8,10-11,13,17H,7,9H2,1-4H3. The van der Waals surface area contributed by atoms with Gasteiger partial charge in [-0.05, 0) is 44.5 Å². The van der Waals surface area contributed by atoms with Crippen LogP contribution in [-0.2, 0) is 0 Å². The summed E-state index contributed by atoms with van der Waals surface area (Å²) < 4.78 is 6.50. The summed E-state index contributed by atoms with van der Waals surface area (Å²) in [4.78, 5) is 2.43. The van der Waals surface area contributed by atoms with Crippen LogP contribution in [-0.4, -0.2) is 37.7 Å². The molecule has 0 spiro atoms. The van der Waals surface area contributed by atoms with Crippen molar-refractivity contribution in [3.05, 3.63) is 22.7 Å². The van der Waals surface area contributed by atoms with Crippen molar-refractivity contribution in [2.24, 2.45) is 5.92 Å². The molecule has 1 N–H and O–H groups in total. The Morgan fingerprint density at radius 2 is 2.11 bits per heavy atom. The van der Waals surface area contributed by atoms with Crippen LogP contribution in [0.2, 0.25) is 0 Å². The highest BCUT2D eigenvalue weighted by molar-refractivity contribution is 9.10. The van der Waals surface area contributed by atoms with Crippen molar-refractivity contribution in [3.8, 4) is 5.75 Å². The van der Waals surface area contributed by atoms with Gasteiger partial charge in [-0.3, -0.25) is 0 Å². The monoisotopic (exact) mass is 326 g/mol. The molecule has 1 heterocycles. The lowest BCUT2D eigenvalue weighted by Crippen LogP contribution is -2.48. The zero-order valence-electron chi connectivity index (χ0n) is 12.1. The molecule has 3 atom stereocenters. The summed E-state index contributed by atoms with van der Waals surface area (Å²) in [6.45, 7) is 5.73. The topological polar surface area (TPSA) is 24.5 Å². The third-order valence-electron chi connectivity index (χ3n) is 4.11. The predicted octanol–water partition coefficient (Wildman–Crippen LogP) is 3.60. The van der Waals surface area contributed by atoms with Gasteiger partial charge in [-0.25, -0.2) is 0 Å². The molecule has 0 saturated carbocycles. The minimum Gasteiger partial charge on any atom is -0.495 e. The molecule has 0 aliphatic carbocycles. The summed E-state index contributed by atoms with van der Waals surface area (Å²) in [5.41, 5.74) is 1.07. The predicted molar refractivity (Wildman–Crippen MR) is 84.0 cm³/mol. The average molecular weight is 327 g/mol. The maximum atomic E-state index is 5.43. The summed E-state index contributed by atoms with van der Waals surface area (Å²) in [6, 6.07) is 7.20. The van der Waals surface area contributed by atoms with E-state index in [1.54, 1.807) is 7.11 Å². The molecule has 0 radical (unpaired) electrons. The van der Waals surface area contributed by atoms with E-state index in [2.05, 4.69) is 53.1 Å². The fraction of sp³-hybridized carbons (Fsp3) is 0.600. The molecule has 1 fully saturated rings. The zero-order chi connectivity index (χ0) is 14.0. The first-order valence-electron chi connectivity index (χ1n) is 6.81. The van der Waals surface area contributed by atoms with Gasteiger partial charge in [-0.15, -0.1) is 0 Å². The number of rotatable bonds is 3. The number of nitrogens with zero attached hydrogens (tertiary/aromatic N) is 1. The molecule has 1 saturated heterocycles. The highest BCUT2D eigenvalue weighted by atomic mass is 79.9. The number of likely N-dealkylation sites (tertiary alicyclic amines) is 1. The Morgan fingerprint density at radius 3 is 2.79 bits per heavy atom. The van der Waals surface area contributed by atoms with Crippen molar-refractivity contribution in [1.82, 2.24) is 4.90 Å². The van der Waals surface area contributed by atoms with Gasteiger partial charge in [-0.1, -0.05) is 22.9 Å². The Hall–Kier alpha value is -0.740. The molecule has 1 aromatic rings. The molecule has 4 heteroatoms. The lowest BCUT2D eigenvalue weighted by molar-refractivity contribution is 0.145. The van der Waals surface area contributed by atoms with E-state index in [4.69, 9.17) is 4.74 Å². The number of ether oxygens (including phenoxy) is 1. The van der Waals surface area contributed by atoms with Crippen LogP contribution in [0.15, 0.2) is 22.7 Å². The fourth-order valence-corrected chi connectivity index (χ4v) is 3.10. The number of piperidine rings is 1. The molecule has 3 unspecified atom stereocenters. The van der Waals surface area contributed by atoms with Gasteiger partial charge in [-0.2, -0.15) is 0 Å². The second-order valence-corrected chi connectivity index (χ2v) is 6.51. The van der Waals surface area contributed by atoms with E-state index in [9.17, 15) is 0 Å². The quantitative estimate of drug-likeness (QED) is 0.918. The first-order valence-corrected chi connectivity index (χ1v) is 7.61. The highest BCUT2D eigenvalue weighted by Crippen LogP contribution is 2.31. The second kappa shape index (κ2) is 6.14. The van der Waals surface area contributed by atoms with Gasteiger partial charge in [0.1, 0.15) is 5.75 Å². The number of halogens is 1. The average Bonchev–Trinajstić information content (AvgIpc) is 2.36. The van der Waals surface area contributed by atoms with Crippen molar-refractivity contribution in [2.45, 2.75) is 32.4 Å².